The van der Waals surface area contributed by atoms with Crippen molar-refractivity contribution in [1.82, 2.24) is 10.2 Å². The third-order valence-corrected chi connectivity index (χ3v) is 7.01. The van der Waals surface area contributed by atoms with E-state index in [1.807, 2.05) is 26.0 Å². The van der Waals surface area contributed by atoms with Crippen LogP contribution in [0.15, 0.2) is 35.2 Å². The van der Waals surface area contributed by atoms with Gasteiger partial charge in [0.05, 0.1) is 10.6 Å². The molecule has 2 aromatic carbocycles. The van der Waals surface area contributed by atoms with Crippen LogP contribution in [0.2, 0.25) is 5.02 Å². The van der Waals surface area contributed by atoms with Crippen molar-refractivity contribution in [2.24, 2.45) is 0 Å². The van der Waals surface area contributed by atoms with E-state index in [4.69, 9.17) is 11.6 Å². The van der Waals surface area contributed by atoms with E-state index in [1.54, 1.807) is 22.7 Å². The lowest BCUT2D eigenvalue weighted by Crippen LogP contribution is -2.33. The van der Waals surface area contributed by atoms with Gasteiger partial charge in [0.25, 0.3) is 5.91 Å². The molecule has 1 heterocycles. The number of carbonyl (C=O) groups excluding carboxylic acids is 1. The van der Waals surface area contributed by atoms with E-state index in [1.165, 1.54) is 17.2 Å². The van der Waals surface area contributed by atoms with Gasteiger partial charge in [-0.1, -0.05) is 37.6 Å². The van der Waals surface area contributed by atoms with Crippen molar-refractivity contribution in [3.63, 3.8) is 0 Å². The second-order valence-electron chi connectivity index (χ2n) is 7.66. The lowest BCUT2D eigenvalue weighted by molar-refractivity contribution is 0.0751. The molecule has 1 amide bonds. The molecule has 0 aromatic heterocycles. The number of nitrogens with one attached hydrogen (secondary N) is 1. The molecule has 162 valence electrons. The molecule has 0 radical (unpaired) electrons. The molecule has 0 aliphatic carbocycles. The van der Waals surface area contributed by atoms with Crippen LogP contribution in [-0.4, -0.2) is 37.0 Å². The fourth-order valence-electron chi connectivity index (χ4n) is 3.87. The zero-order chi connectivity index (χ0) is 21.5. The highest BCUT2D eigenvalue weighted by Crippen LogP contribution is 2.36. The molecule has 0 saturated heterocycles. The predicted molar refractivity (Wildman–Crippen MR) is 124 cm³/mol. The first-order chi connectivity index (χ1) is 14.5. The van der Waals surface area contributed by atoms with Crippen LogP contribution in [0.1, 0.15) is 53.7 Å². The first kappa shape index (κ1) is 23.1. The van der Waals surface area contributed by atoms with Gasteiger partial charge in [-0.25, -0.2) is 4.39 Å². The van der Waals surface area contributed by atoms with Crippen molar-refractivity contribution < 1.29 is 9.18 Å². The molecule has 0 spiro atoms. The molecule has 0 fully saturated rings. The van der Waals surface area contributed by atoms with Gasteiger partial charge < -0.3 is 10.2 Å². The van der Waals surface area contributed by atoms with E-state index >= 15 is 0 Å². The van der Waals surface area contributed by atoms with E-state index in [-0.39, 0.29) is 11.5 Å². The van der Waals surface area contributed by atoms with Crippen LogP contribution in [0.5, 0.6) is 0 Å². The highest BCUT2D eigenvalue weighted by atomic mass is 35.5. The molecule has 1 aliphatic heterocycles. The van der Waals surface area contributed by atoms with Gasteiger partial charge in [0.15, 0.2) is 0 Å². The number of hydrogen-bond donors (Lipinski definition) is 1. The number of nitrogens with zero attached hydrogens (tertiary/aromatic N) is 1. The van der Waals surface area contributed by atoms with Gasteiger partial charge in [0.2, 0.25) is 0 Å². The second-order valence-corrected chi connectivity index (χ2v) is 9.05. The van der Waals surface area contributed by atoms with Crippen LogP contribution >= 0.6 is 23.4 Å². The zero-order valence-corrected chi connectivity index (χ0v) is 19.3. The van der Waals surface area contributed by atoms with E-state index in [2.05, 4.69) is 11.4 Å². The van der Waals surface area contributed by atoms with Gasteiger partial charge in [0, 0.05) is 23.7 Å². The first-order valence-corrected chi connectivity index (χ1v) is 12.1. The van der Waals surface area contributed by atoms with E-state index in [0.29, 0.717) is 18.8 Å². The number of carbonyl (C=O) groups is 1. The maximum atomic E-state index is 14.8. The number of amides is 1. The summed E-state index contributed by atoms with van der Waals surface area (Å²) in [6.07, 6.45) is 3.67. The Balaban J connectivity index is 1.75. The average Bonchev–Trinajstić information content (AvgIpc) is 2.98. The normalized spacial score (nSPS) is 13.6. The Morgan fingerprint density at radius 1 is 1.13 bits per heavy atom. The molecule has 30 heavy (non-hydrogen) atoms. The van der Waals surface area contributed by atoms with Crippen molar-refractivity contribution in [2.45, 2.75) is 50.2 Å². The summed E-state index contributed by atoms with van der Waals surface area (Å²) in [5, 5.41) is 4.18. The van der Waals surface area contributed by atoms with Crippen molar-refractivity contribution in [3.05, 3.63) is 63.4 Å². The van der Waals surface area contributed by atoms with Gasteiger partial charge in [-0.05, 0) is 73.7 Å². The van der Waals surface area contributed by atoms with Gasteiger partial charge in [-0.3, -0.25) is 4.79 Å². The van der Waals surface area contributed by atoms with Crippen LogP contribution in [0, 0.1) is 5.82 Å². The molecule has 2 aromatic rings. The van der Waals surface area contributed by atoms with Gasteiger partial charge in [-0.15, -0.1) is 11.8 Å². The number of thioether (sulfide) groups is 1. The fourth-order valence-corrected chi connectivity index (χ4v) is 5.31. The maximum Gasteiger partial charge on any atom is 0.256 e. The van der Waals surface area contributed by atoms with Gasteiger partial charge >= 0.3 is 0 Å². The summed E-state index contributed by atoms with van der Waals surface area (Å²) in [5.41, 5.74) is 3.65. The van der Waals surface area contributed by atoms with Gasteiger partial charge in [-0.2, -0.15) is 0 Å². The molecular weight excluding hydrogens is 419 g/mol. The van der Waals surface area contributed by atoms with Crippen LogP contribution < -0.4 is 5.32 Å². The van der Waals surface area contributed by atoms with E-state index in [0.717, 1.165) is 54.3 Å². The van der Waals surface area contributed by atoms with E-state index < -0.39 is 5.82 Å². The molecule has 0 unspecified atom stereocenters. The topological polar surface area (TPSA) is 32.3 Å². The lowest BCUT2D eigenvalue weighted by Gasteiger charge is -2.22. The Morgan fingerprint density at radius 2 is 1.87 bits per heavy atom. The summed E-state index contributed by atoms with van der Waals surface area (Å²) in [6.45, 7) is 7.27. The lowest BCUT2D eigenvalue weighted by atomic mass is 10.0. The third kappa shape index (κ3) is 5.57. The number of rotatable bonds is 8. The summed E-state index contributed by atoms with van der Waals surface area (Å²) in [7, 11) is 0. The SMILES string of the molecule is CCCN(CCC)C(=O)c1ccc(CSc2c(Cl)ccc3c2CCNCC3)cc1F. The monoisotopic (exact) mass is 448 g/mol. The van der Waals surface area contributed by atoms with Gasteiger partial charge in [0.1, 0.15) is 5.82 Å². The van der Waals surface area contributed by atoms with Crippen molar-refractivity contribution in [2.75, 3.05) is 26.2 Å². The molecule has 1 aliphatic rings. The molecule has 0 bridgehead atoms. The van der Waals surface area contributed by atoms with E-state index in [9.17, 15) is 9.18 Å². The van der Waals surface area contributed by atoms with Crippen molar-refractivity contribution in [3.8, 4) is 0 Å². The molecule has 0 atom stereocenters. The zero-order valence-electron chi connectivity index (χ0n) is 17.8. The maximum absolute atomic E-state index is 14.8. The predicted octanol–water partition coefficient (Wildman–Crippen LogP) is 5.72. The number of hydrogen-bond acceptors (Lipinski definition) is 3. The molecular formula is C24H30ClFN2OS. The van der Waals surface area contributed by atoms with Crippen molar-refractivity contribution >= 4 is 29.3 Å². The summed E-state index contributed by atoms with van der Waals surface area (Å²) in [6, 6.07) is 9.06. The quantitative estimate of drug-likeness (QED) is 0.524. The molecule has 6 heteroatoms. The van der Waals surface area contributed by atoms with Crippen LogP contribution in [-0.2, 0) is 18.6 Å². The minimum Gasteiger partial charge on any atom is -0.339 e. The summed E-state index contributed by atoms with van der Waals surface area (Å²) >= 11 is 8.16. The van der Waals surface area contributed by atoms with Crippen LogP contribution in [0.4, 0.5) is 4.39 Å². The first-order valence-electron chi connectivity index (χ1n) is 10.8. The summed E-state index contributed by atoms with van der Waals surface area (Å²) in [4.78, 5) is 15.6. The smallest absolute Gasteiger partial charge is 0.256 e. The van der Waals surface area contributed by atoms with Crippen LogP contribution in [0.25, 0.3) is 0 Å². The molecule has 3 nitrogen and oxygen atoms in total. The Labute approximate surface area is 188 Å². The number of fused-ring (bicyclic) bond motifs is 1. The Kier molecular flexibility index (Phi) is 8.61. The number of halogens is 2. The Bertz CT molecular complexity index is 884. The molecule has 3 rings (SSSR count). The molecule has 0 saturated carbocycles. The third-order valence-electron chi connectivity index (χ3n) is 5.35. The average molecular weight is 449 g/mol. The highest BCUT2D eigenvalue weighted by molar-refractivity contribution is 7.98. The summed E-state index contributed by atoms with van der Waals surface area (Å²) in [5.74, 6) is -0.0559. The number of benzene rings is 2. The highest BCUT2D eigenvalue weighted by Gasteiger charge is 2.19. The Morgan fingerprint density at radius 3 is 2.57 bits per heavy atom. The minimum absolute atomic E-state index is 0.156. The van der Waals surface area contributed by atoms with Crippen LogP contribution in [0.3, 0.4) is 0 Å². The second kappa shape index (κ2) is 11.2. The molecule has 1 N–H and O–H groups in total. The Hall–Kier alpha value is -1.56. The summed E-state index contributed by atoms with van der Waals surface area (Å²) < 4.78 is 14.8. The largest absolute Gasteiger partial charge is 0.339 e. The standard InChI is InChI=1S/C24H30ClFN2OS/c1-3-13-28(14-4-2)24(29)20-7-5-17(15-22(20)26)16-30-23-19-10-12-27-11-9-18(19)6-8-21(23)25/h5-8,15,27H,3-4,9-14,16H2,1-2H3. The van der Waals surface area contributed by atoms with Crippen molar-refractivity contribution in [1.29, 1.82) is 0 Å². The minimum atomic E-state index is -0.447. The fraction of sp³-hybridized carbons (Fsp3) is 0.458.